The van der Waals surface area contributed by atoms with Crippen LogP contribution < -0.4 is 5.69 Å². The van der Waals surface area contributed by atoms with Crippen LogP contribution >= 0.6 is 11.6 Å². The molecule has 0 aliphatic heterocycles. The highest BCUT2D eigenvalue weighted by atomic mass is 35.5. The van der Waals surface area contributed by atoms with Gasteiger partial charge in [0.1, 0.15) is 11.7 Å². The Morgan fingerprint density at radius 2 is 2.58 bits per heavy atom. The first-order chi connectivity index (χ1) is 5.65. The standard InChI is InChI=1S/C6H7ClN4O/c1-10-4-9-11(6(10)12)3-5(7)2-8/h4-5H,3H2,1H3. The maximum atomic E-state index is 11.1. The molecule has 0 bridgehead atoms. The molecule has 1 aromatic rings. The van der Waals surface area contributed by atoms with Crippen molar-refractivity contribution in [3.63, 3.8) is 0 Å². The Labute approximate surface area is 73.8 Å². The van der Waals surface area contributed by atoms with Gasteiger partial charge >= 0.3 is 5.69 Å². The molecule has 1 atom stereocenters. The van der Waals surface area contributed by atoms with E-state index in [0.717, 1.165) is 4.68 Å². The minimum Gasteiger partial charge on any atom is -0.285 e. The molecule has 5 nitrogen and oxygen atoms in total. The van der Waals surface area contributed by atoms with Gasteiger partial charge in [0, 0.05) is 7.05 Å². The SMILES string of the molecule is Cn1cnn(CC(Cl)C#N)c1=O. The molecule has 0 aromatic carbocycles. The van der Waals surface area contributed by atoms with E-state index in [0.29, 0.717) is 0 Å². The second-order valence-corrected chi connectivity index (χ2v) is 2.83. The molecule has 6 heteroatoms. The summed E-state index contributed by atoms with van der Waals surface area (Å²) in [6, 6.07) is 1.81. The van der Waals surface area contributed by atoms with Gasteiger partial charge in [-0.3, -0.25) is 4.57 Å². The van der Waals surface area contributed by atoms with Crippen LogP contribution in [0, 0.1) is 11.3 Å². The van der Waals surface area contributed by atoms with Crippen LogP contribution in [0.1, 0.15) is 0 Å². The molecule has 64 valence electrons. The zero-order valence-electron chi connectivity index (χ0n) is 6.44. The topological polar surface area (TPSA) is 63.6 Å². The van der Waals surface area contributed by atoms with E-state index in [2.05, 4.69) is 5.10 Å². The fraction of sp³-hybridized carbons (Fsp3) is 0.500. The molecule has 0 radical (unpaired) electrons. The van der Waals surface area contributed by atoms with Crippen molar-refractivity contribution in [3.05, 3.63) is 16.8 Å². The summed E-state index contributed by atoms with van der Waals surface area (Å²) in [6.45, 7) is 0.123. The van der Waals surface area contributed by atoms with Crippen LogP contribution in [0.25, 0.3) is 0 Å². The molecular weight excluding hydrogens is 180 g/mol. The lowest BCUT2D eigenvalue weighted by molar-refractivity contribution is 0.599. The number of nitrogens with zero attached hydrogens (tertiary/aromatic N) is 4. The molecule has 1 aromatic heterocycles. The average molecular weight is 187 g/mol. The molecule has 0 aliphatic carbocycles. The minimum atomic E-state index is -0.711. The first-order valence-corrected chi connectivity index (χ1v) is 3.71. The number of halogens is 1. The van der Waals surface area contributed by atoms with Crippen LogP contribution in [0.2, 0.25) is 0 Å². The number of alkyl halides is 1. The van der Waals surface area contributed by atoms with Crippen LogP contribution in [0.3, 0.4) is 0 Å². The van der Waals surface area contributed by atoms with Gasteiger partial charge in [0.2, 0.25) is 0 Å². The van der Waals surface area contributed by atoms with E-state index in [4.69, 9.17) is 16.9 Å². The number of nitriles is 1. The molecule has 0 spiro atoms. The summed E-state index contributed by atoms with van der Waals surface area (Å²) in [7, 11) is 1.58. The second-order valence-electron chi connectivity index (χ2n) is 2.30. The van der Waals surface area contributed by atoms with Crippen molar-refractivity contribution in [2.24, 2.45) is 7.05 Å². The normalized spacial score (nSPS) is 12.4. The fourth-order valence-electron chi connectivity index (χ4n) is 0.739. The molecule has 0 saturated heterocycles. The van der Waals surface area contributed by atoms with Crippen LogP contribution in [0.4, 0.5) is 0 Å². The van der Waals surface area contributed by atoms with Crippen LogP contribution in [0.5, 0.6) is 0 Å². The summed E-state index contributed by atoms with van der Waals surface area (Å²) in [4.78, 5) is 11.1. The molecule has 0 N–H and O–H groups in total. The highest BCUT2D eigenvalue weighted by Gasteiger charge is 2.07. The quantitative estimate of drug-likeness (QED) is 0.597. The summed E-state index contributed by atoms with van der Waals surface area (Å²) < 4.78 is 2.47. The maximum Gasteiger partial charge on any atom is 0.345 e. The molecule has 0 saturated carbocycles. The third-order valence-electron chi connectivity index (χ3n) is 1.36. The van der Waals surface area contributed by atoms with Crippen molar-refractivity contribution in [3.8, 4) is 6.07 Å². The summed E-state index contributed by atoms with van der Waals surface area (Å²) in [6.07, 6.45) is 1.38. The van der Waals surface area contributed by atoms with Gasteiger partial charge in [0.25, 0.3) is 0 Å². The van der Waals surface area contributed by atoms with Crippen molar-refractivity contribution < 1.29 is 0 Å². The highest BCUT2D eigenvalue weighted by molar-refractivity contribution is 6.22. The van der Waals surface area contributed by atoms with E-state index in [1.165, 1.54) is 10.9 Å². The Bertz CT molecular complexity index is 360. The van der Waals surface area contributed by atoms with Crippen molar-refractivity contribution in [2.45, 2.75) is 11.9 Å². The Morgan fingerprint density at radius 1 is 1.92 bits per heavy atom. The molecule has 0 aliphatic rings. The monoisotopic (exact) mass is 186 g/mol. The van der Waals surface area contributed by atoms with Gasteiger partial charge in [-0.05, 0) is 0 Å². The van der Waals surface area contributed by atoms with Crippen LogP contribution in [0.15, 0.2) is 11.1 Å². The molecule has 1 rings (SSSR count). The molecule has 0 amide bonds. The fourth-order valence-corrected chi connectivity index (χ4v) is 0.869. The zero-order chi connectivity index (χ0) is 9.14. The summed E-state index contributed by atoms with van der Waals surface area (Å²) in [5.74, 6) is 0. The smallest absolute Gasteiger partial charge is 0.285 e. The van der Waals surface area contributed by atoms with Gasteiger partial charge in [0.15, 0.2) is 0 Å². The third-order valence-corrected chi connectivity index (χ3v) is 1.60. The first kappa shape index (κ1) is 8.81. The van der Waals surface area contributed by atoms with E-state index in [1.807, 2.05) is 0 Å². The number of aromatic nitrogens is 3. The lowest BCUT2D eigenvalue weighted by Gasteiger charge is -1.97. The third kappa shape index (κ3) is 1.66. The lowest BCUT2D eigenvalue weighted by atomic mass is 10.5. The average Bonchev–Trinajstić information content (AvgIpc) is 2.36. The number of aryl methyl sites for hydroxylation is 1. The van der Waals surface area contributed by atoms with Gasteiger partial charge in [0.05, 0.1) is 12.6 Å². The van der Waals surface area contributed by atoms with Gasteiger partial charge in [-0.15, -0.1) is 11.6 Å². The Morgan fingerprint density at radius 3 is 3.00 bits per heavy atom. The predicted molar refractivity (Wildman–Crippen MR) is 42.7 cm³/mol. The van der Waals surface area contributed by atoms with E-state index in [1.54, 1.807) is 13.1 Å². The molecule has 1 heterocycles. The number of rotatable bonds is 2. The summed E-state index contributed by atoms with van der Waals surface area (Å²) in [5, 5.41) is 11.4. The van der Waals surface area contributed by atoms with Crippen LogP contribution in [-0.4, -0.2) is 19.7 Å². The largest absolute Gasteiger partial charge is 0.345 e. The zero-order valence-corrected chi connectivity index (χ0v) is 7.19. The molecule has 0 fully saturated rings. The highest BCUT2D eigenvalue weighted by Crippen LogP contribution is 1.94. The number of hydrogen-bond donors (Lipinski definition) is 0. The maximum absolute atomic E-state index is 11.1. The lowest BCUT2D eigenvalue weighted by Crippen LogP contribution is -2.26. The van der Waals surface area contributed by atoms with E-state index in [9.17, 15) is 4.79 Å². The van der Waals surface area contributed by atoms with E-state index >= 15 is 0 Å². The van der Waals surface area contributed by atoms with Gasteiger partial charge < -0.3 is 0 Å². The predicted octanol–water partition coefficient (Wildman–Crippen LogP) is -0.287. The van der Waals surface area contributed by atoms with Crippen molar-refractivity contribution in [2.75, 3.05) is 0 Å². The van der Waals surface area contributed by atoms with Gasteiger partial charge in [-0.25, -0.2) is 9.48 Å². The van der Waals surface area contributed by atoms with Crippen molar-refractivity contribution in [1.29, 1.82) is 5.26 Å². The van der Waals surface area contributed by atoms with Gasteiger partial charge in [-0.2, -0.15) is 10.4 Å². The van der Waals surface area contributed by atoms with Crippen molar-refractivity contribution >= 4 is 11.6 Å². The van der Waals surface area contributed by atoms with Gasteiger partial charge in [-0.1, -0.05) is 0 Å². The number of hydrogen-bond acceptors (Lipinski definition) is 3. The summed E-state index contributed by atoms with van der Waals surface area (Å²) >= 11 is 5.51. The van der Waals surface area contributed by atoms with Crippen molar-refractivity contribution in [1.82, 2.24) is 14.3 Å². The van der Waals surface area contributed by atoms with Crippen LogP contribution in [-0.2, 0) is 13.6 Å². The Balaban J connectivity index is 2.85. The Kier molecular flexibility index (Phi) is 2.51. The first-order valence-electron chi connectivity index (χ1n) is 3.27. The summed E-state index contributed by atoms with van der Waals surface area (Å²) in [5.41, 5.74) is -0.268. The minimum absolute atomic E-state index is 0.123. The van der Waals surface area contributed by atoms with E-state index < -0.39 is 5.38 Å². The molecular formula is C6H7ClN4O. The molecule has 1 unspecified atom stereocenters. The second kappa shape index (κ2) is 3.41. The van der Waals surface area contributed by atoms with E-state index in [-0.39, 0.29) is 12.2 Å². The molecule has 12 heavy (non-hydrogen) atoms. The Hall–Kier alpha value is -1.28.